The van der Waals surface area contributed by atoms with Crippen molar-refractivity contribution in [3.05, 3.63) is 0 Å². The third-order valence-electron chi connectivity index (χ3n) is 3.98. The second-order valence-corrected chi connectivity index (χ2v) is 6.07. The number of nitrogens with zero attached hydrogens (tertiary/aromatic N) is 1. The van der Waals surface area contributed by atoms with Crippen LogP contribution in [0, 0.1) is 0 Å². The molecule has 0 rings (SSSR count). The summed E-state index contributed by atoms with van der Waals surface area (Å²) < 4.78 is 223. The van der Waals surface area contributed by atoms with E-state index in [1.54, 1.807) is 0 Å². The number of halogens is 17. The molecular formula is C13H12F17N. The Hall–Kier alpha value is -1.23. The summed E-state index contributed by atoms with van der Waals surface area (Å²) in [4.78, 5) is -0.947. The summed E-state index contributed by atoms with van der Waals surface area (Å²) in [6.45, 7) is -0.990. The maximum atomic E-state index is 13.8. The van der Waals surface area contributed by atoms with Crippen LogP contribution in [0.3, 0.4) is 0 Å². The number of rotatable bonds is 10. The molecule has 0 N–H and O–H groups in total. The Morgan fingerprint density at radius 3 is 1.00 bits per heavy atom. The molecule has 0 unspecified atom stereocenters. The summed E-state index contributed by atoms with van der Waals surface area (Å²) in [5.74, 6) is -49.6. The van der Waals surface area contributed by atoms with Crippen LogP contribution in [0.15, 0.2) is 0 Å². The molecule has 0 aliphatic rings. The molecule has 0 radical (unpaired) electrons. The van der Waals surface area contributed by atoms with E-state index in [0.717, 1.165) is 6.92 Å². The van der Waals surface area contributed by atoms with Gasteiger partial charge in [0.15, 0.2) is 0 Å². The first-order valence-electron chi connectivity index (χ1n) is 7.73. The van der Waals surface area contributed by atoms with E-state index in [2.05, 4.69) is 0 Å². The number of alkyl halides is 17. The molecule has 0 aliphatic heterocycles. The topological polar surface area (TPSA) is 3.24 Å². The van der Waals surface area contributed by atoms with E-state index in [4.69, 9.17) is 0 Å². The lowest BCUT2D eigenvalue weighted by Crippen LogP contribution is -2.75. The van der Waals surface area contributed by atoms with Gasteiger partial charge >= 0.3 is 47.8 Å². The third-order valence-corrected chi connectivity index (χ3v) is 3.98. The van der Waals surface area contributed by atoms with Gasteiger partial charge in [-0.3, -0.25) is 0 Å². The highest BCUT2D eigenvalue weighted by Crippen LogP contribution is 2.64. The van der Waals surface area contributed by atoms with E-state index in [9.17, 15) is 74.6 Å². The Kier molecular flexibility index (Phi) is 7.65. The Morgan fingerprint density at radius 1 is 0.452 bits per heavy atom. The molecule has 0 aromatic carbocycles. The van der Waals surface area contributed by atoms with Crippen LogP contribution in [0.1, 0.15) is 20.3 Å². The minimum absolute atomic E-state index is 0.534. The van der Waals surface area contributed by atoms with E-state index in [1.165, 1.54) is 0 Å². The molecular weight excluding hydrogens is 493 g/mol. The monoisotopic (exact) mass is 505 g/mol. The maximum Gasteiger partial charge on any atom is 0.460 e. The van der Waals surface area contributed by atoms with E-state index >= 15 is 0 Å². The Morgan fingerprint density at radius 2 is 0.742 bits per heavy atom. The highest BCUT2D eigenvalue weighted by molar-refractivity contribution is 5.14. The zero-order valence-corrected chi connectivity index (χ0v) is 15.0. The maximum absolute atomic E-state index is 13.8. The van der Waals surface area contributed by atoms with Gasteiger partial charge in [0.1, 0.15) is 0 Å². The van der Waals surface area contributed by atoms with Crippen molar-refractivity contribution in [3.8, 4) is 0 Å². The highest BCUT2D eigenvalue weighted by Gasteiger charge is 2.95. The van der Waals surface area contributed by atoms with Crippen molar-refractivity contribution in [1.82, 2.24) is 4.90 Å². The average Bonchev–Trinajstić information content (AvgIpc) is 2.57. The largest absolute Gasteiger partial charge is 0.460 e. The van der Waals surface area contributed by atoms with Gasteiger partial charge in [-0.05, 0) is 6.42 Å². The van der Waals surface area contributed by atoms with E-state index in [0.29, 0.717) is 6.92 Å². The summed E-state index contributed by atoms with van der Waals surface area (Å²) in [7, 11) is 0. The van der Waals surface area contributed by atoms with Crippen LogP contribution in [0.5, 0.6) is 0 Å². The normalized spacial score (nSPS) is 16.3. The van der Waals surface area contributed by atoms with Gasteiger partial charge in [-0.2, -0.15) is 74.6 Å². The lowest BCUT2D eigenvalue weighted by molar-refractivity contribution is -0.468. The zero-order valence-electron chi connectivity index (χ0n) is 15.0. The summed E-state index contributed by atoms with van der Waals surface area (Å²) in [5.41, 5.74) is 0. The van der Waals surface area contributed by atoms with Crippen LogP contribution < -0.4 is 0 Å². The molecule has 0 aliphatic carbocycles. The van der Waals surface area contributed by atoms with Crippen molar-refractivity contribution in [2.24, 2.45) is 0 Å². The third kappa shape index (κ3) is 3.89. The summed E-state index contributed by atoms with van der Waals surface area (Å²) in [6.07, 6.45) is -8.29. The van der Waals surface area contributed by atoms with E-state index in [1.807, 2.05) is 0 Å². The van der Waals surface area contributed by atoms with Gasteiger partial charge in [-0.1, -0.05) is 13.8 Å². The molecule has 1 nitrogen and oxygen atoms in total. The molecule has 0 saturated carbocycles. The van der Waals surface area contributed by atoms with Crippen molar-refractivity contribution in [2.45, 2.75) is 68.0 Å². The van der Waals surface area contributed by atoms with Crippen LogP contribution in [-0.4, -0.2) is 65.7 Å². The van der Waals surface area contributed by atoms with Crippen molar-refractivity contribution in [2.75, 3.05) is 13.1 Å². The Labute approximate surface area is 162 Å². The summed E-state index contributed by atoms with van der Waals surface area (Å²) in [5, 5.41) is 0. The fourth-order valence-electron chi connectivity index (χ4n) is 2.12. The highest BCUT2D eigenvalue weighted by atomic mass is 19.4. The van der Waals surface area contributed by atoms with Crippen LogP contribution in [0.2, 0.25) is 0 Å². The first-order chi connectivity index (χ1) is 13.3. The molecule has 0 spiro atoms. The molecule has 0 aromatic heterocycles. The first-order valence-corrected chi connectivity index (χ1v) is 7.73. The second-order valence-electron chi connectivity index (χ2n) is 6.07. The van der Waals surface area contributed by atoms with Gasteiger partial charge in [0.25, 0.3) is 0 Å². The van der Waals surface area contributed by atoms with E-state index in [-0.39, 0.29) is 0 Å². The molecule has 0 amide bonds. The van der Waals surface area contributed by atoms with Crippen molar-refractivity contribution in [1.29, 1.82) is 0 Å². The zero-order chi connectivity index (χ0) is 25.7. The van der Waals surface area contributed by atoms with E-state index < -0.39 is 72.2 Å². The fourth-order valence-corrected chi connectivity index (χ4v) is 2.12. The van der Waals surface area contributed by atoms with Crippen LogP contribution in [-0.2, 0) is 0 Å². The summed E-state index contributed by atoms with van der Waals surface area (Å²) in [6, 6.07) is -6.46. The fraction of sp³-hybridized carbons (Fsp3) is 1.00. The van der Waals surface area contributed by atoms with Crippen molar-refractivity contribution >= 4 is 0 Å². The van der Waals surface area contributed by atoms with Gasteiger partial charge in [-0.25, -0.2) is 4.90 Å². The van der Waals surface area contributed by atoms with Crippen LogP contribution >= 0.6 is 0 Å². The Bertz CT molecular complexity index is 620. The predicted molar refractivity (Wildman–Crippen MR) is 68.2 cm³/mol. The smallest absolute Gasteiger partial charge is 0.239 e. The molecule has 188 valence electrons. The lowest BCUT2D eigenvalue weighted by atomic mass is 9.90. The predicted octanol–water partition coefficient (Wildman–Crippen LogP) is 6.69. The molecule has 18 heteroatoms. The molecule has 0 bridgehead atoms. The molecule has 0 atom stereocenters. The molecule has 0 fully saturated rings. The van der Waals surface area contributed by atoms with Gasteiger partial charge in [-0.15, -0.1) is 0 Å². The van der Waals surface area contributed by atoms with Gasteiger partial charge < -0.3 is 0 Å². The SMILES string of the molecule is CCCN(CC)C(F)(F)C(F)(F)C(F)(F)C(F)(F)C(F)(F)C(F)(F)C(F)(F)C(F)(F)F. The average molecular weight is 505 g/mol. The summed E-state index contributed by atoms with van der Waals surface area (Å²) >= 11 is 0. The first kappa shape index (κ1) is 29.8. The Balaban J connectivity index is 6.76. The molecule has 0 saturated heterocycles. The quantitative estimate of drug-likeness (QED) is 0.237. The van der Waals surface area contributed by atoms with Crippen molar-refractivity contribution < 1.29 is 74.6 Å². The number of hydrogen-bond donors (Lipinski definition) is 0. The van der Waals surface area contributed by atoms with Crippen molar-refractivity contribution in [3.63, 3.8) is 0 Å². The standard InChI is InChI=1S/C13H12F17N/c1-3-5-31(4-2)13(29,30)11(24,25)9(20,21)7(16,17)6(14,15)8(18,19)10(22,23)12(26,27)28/h3-5H2,1-2H3. The minimum atomic E-state index is -8.59. The lowest BCUT2D eigenvalue weighted by Gasteiger charge is -2.44. The van der Waals surface area contributed by atoms with Crippen LogP contribution in [0.25, 0.3) is 0 Å². The van der Waals surface area contributed by atoms with Crippen LogP contribution in [0.4, 0.5) is 74.6 Å². The minimum Gasteiger partial charge on any atom is -0.239 e. The second kappa shape index (κ2) is 7.97. The molecule has 31 heavy (non-hydrogen) atoms. The van der Waals surface area contributed by atoms with Gasteiger partial charge in [0.2, 0.25) is 0 Å². The van der Waals surface area contributed by atoms with Gasteiger partial charge in [0.05, 0.1) is 0 Å². The molecule has 0 aromatic rings. The van der Waals surface area contributed by atoms with Gasteiger partial charge in [0, 0.05) is 13.1 Å². The molecule has 0 heterocycles. The number of hydrogen-bond acceptors (Lipinski definition) is 1.